The molecule has 0 aromatic rings. The number of nitrogens with one attached hydrogen (secondary N) is 1. The molecule has 7 heteroatoms. The van der Waals surface area contributed by atoms with Crippen molar-refractivity contribution in [3.8, 4) is 0 Å². The van der Waals surface area contributed by atoms with Crippen molar-refractivity contribution in [2.75, 3.05) is 33.4 Å². The molecule has 0 aromatic carbocycles. The van der Waals surface area contributed by atoms with E-state index < -0.39 is 15.7 Å². The second-order valence-electron chi connectivity index (χ2n) is 5.10. The van der Waals surface area contributed by atoms with E-state index in [1.807, 2.05) is 6.92 Å². The molecule has 6 nitrogen and oxygen atoms in total. The first-order valence-electron chi connectivity index (χ1n) is 6.99. The Labute approximate surface area is 116 Å². The van der Waals surface area contributed by atoms with E-state index in [0.717, 1.165) is 32.1 Å². The molecule has 1 fully saturated rings. The van der Waals surface area contributed by atoms with E-state index in [0.29, 0.717) is 26.2 Å². The van der Waals surface area contributed by atoms with E-state index in [1.165, 1.54) is 0 Å². The van der Waals surface area contributed by atoms with E-state index in [-0.39, 0.29) is 0 Å². The van der Waals surface area contributed by atoms with Gasteiger partial charge in [0.25, 0.3) is 10.2 Å². The molecule has 1 rings (SSSR count). The highest BCUT2D eigenvalue weighted by molar-refractivity contribution is 7.87. The van der Waals surface area contributed by atoms with Crippen LogP contribution in [0.1, 0.15) is 39.0 Å². The molecule has 1 aliphatic carbocycles. The van der Waals surface area contributed by atoms with Crippen LogP contribution in [0.4, 0.5) is 0 Å². The number of rotatable bonds is 9. The molecule has 114 valence electrons. The van der Waals surface area contributed by atoms with Gasteiger partial charge < -0.3 is 10.5 Å². The average molecular weight is 293 g/mol. The van der Waals surface area contributed by atoms with Gasteiger partial charge >= 0.3 is 0 Å². The number of hydrogen-bond acceptors (Lipinski definition) is 4. The van der Waals surface area contributed by atoms with E-state index in [1.54, 1.807) is 11.4 Å². The van der Waals surface area contributed by atoms with Crippen molar-refractivity contribution in [1.82, 2.24) is 9.03 Å². The Morgan fingerprint density at radius 2 is 2.00 bits per heavy atom. The van der Waals surface area contributed by atoms with Gasteiger partial charge in [0.15, 0.2) is 0 Å². The molecule has 0 saturated heterocycles. The van der Waals surface area contributed by atoms with Gasteiger partial charge in [-0.25, -0.2) is 0 Å². The molecule has 3 N–H and O–H groups in total. The highest BCUT2D eigenvalue weighted by Crippen LogP contribution is 2.36. The Bertz CT molecular complexity index is 353. The molecule has 0 bridgehead atoms. The normalized spacial score (nSPS) is 19.2. The molecule has 19 heavy (non-hydrogen) atoms. The summed E-state index contributed by atoms with van der Waals surface area (Å²) in [6.45, 7) is 3.54. The maximum Gasteiger partial charge on any atom is 0.280 e. The first-order valence-corrected chi connectivity index (χ1v) is 8.43. The van der Waals surface area contributed by atoms with E-state index in [2.05, 4.69) is 4.72 Å². The summed E-state index contributed by atoms with van der Waals surface area (Å²) in [7, 11) is -1.94. The fourth-order valence-corrected chi connectivity index (χ4v) is 4.44. The minimum absolute atomic E-state index is 0.291. The first kappa shape index (κ1) is 16.8. The third kappa shape index (κ3) is 4.13. The second-order valence-corrected chi connectivity index (χ2v) is 6.78. The van der Waals surface area contributed by atoms with Crippen molar-refractivity contribution >= 4 is 10.2 Å². The van der Waals surface area contributed by atoms with Crippen LogP contribution in [-0.4, -0.2) is 51.6 Å². The number of nitrogens with two attached hydrogens (primary N) is 1. The zero-order valence-electron chi connectivity index (χ0n) is 12.0. The summed E-state index contributed by atoms with van der Waals surface area (Å²) in [6.07, 6.45) is 4.59. The van der Waals surface area contributed by atoms with E-state index >= 15 is 0 Å². The molecule has 0 heterocycles. The van der Waals surface area contributed by atoms with Crippen LogP contribution in [0.3, 0.4) is 0 Å². The SMILES string of the molecule is CCCN(C1(CN)CCCC1)S(=O)(=O)NCCOC. The van der Waals surface area contributed by atoms with E-state index in [4.69, 9.17) is 10.5 Å². The molecular formula is C12H27N3O3S. The van der Waals surface area contributed by atoms with Gasteiger partial charge in [0, 0.05) is 32.3 Å². The van der Waals surface area contributed by atoms with E-state index in [9.17, 15) is 8.42 Å². The minimum Gasteiger partial charge on any atom is -0.383 e. The number of ether oxygens (including phenoxy) is 1. The lowest BCUT2D eigenvalue weighted by atomic mass is 9.98. The first-order chi connectivity index (χ1) is 9.02. The zero-order chi connectivity index (χ0) is 14.4. The van der Waals surface area contributed by atoms with Crippen molar-refractivity contribution in [2.45, 2.75) is 44.6 Å². The maximum atomic E-state index is 12.5. The summed E-state index contributed by atoms with van der Waals surface area (Å²) < 4.78 is 34.0. The molecule has 0 amide bonds. The smallest absolute Gasteiger partial charge is 0.280 e. The van der Waals surface area contributed by atoms with Gasteiger partial charge in [-0.3, -0.25) is 0 Å². The Hall–Kier alpha value is -0.210. The predicted octanol–water partition coefficient (Wildman–Crippen LogP) is 0.451. The van der Waals surface area contributed by atoms with Crippen LogP contribution in [0.15, 0.2) is 0 Å². The lowest BCUT2D eigenvalue weighted by Crippen LogP contribution is -2.58. The quantitative estimate of drug-likeness (QED) is 0.605. The molecule has 1 aliphatic rings. The predicted molar refractivity (Wildman–Crippen MR) is 76.0 cm³/mol. The highest BCUT2D eigenvalue weighted by Gasteiger charge is 2.43. The van der Waals surface area contributed by atoms with Crippen molar-refractivity contribution < 1.29 is 13.2 Å². The lowest BCUT2D eigenvalue weighted by molar-refractivity contribution is 0.187. The van der Waals surface area contributed by atoms with Gasteiger partial charge in [0.05, 0.1) is 6.61 Å². The highest BCUT2D eigenvalue weighted by atomic mass is 32.2. The van der Waals surface area contributed by atoms with Crippen LogP contribution in [0.5, 0.6) is 0 Å². The second kappa shape index (κ2) is 7.54. The fourth-order valence-electron chi connectivity index (χ4n) is 2.75. The molecule has 0 radical (unpaired) electrons. The maximum absolute atomic E-state index is 12.5. The fraction of sp³-hybridized carbons (Fsp3) is 1.00. The Kier molecular flexibility index (Phi) is 6.68. The van der Waals surface area contributed by atoms with Crippen molar-refractivity contribution in [2.24, 2.45) is 5.73 Å². The summed E-state index contributed by atoms with van der Waals surface area (Å²) in [5.74, 6) is 0. The molecule has 0 unspecified atom stereocenters. The lowest BCUT2D eigenvalue weighted by Gasteiger charge is -2.39. The van der Waals surface area contributed by atoms with Gasteiger partial charge in [-0.15, -0.1) is 0 Å². The van der Waals surface area contributed by atoms with Gasteiger partial charge in [0.2, 0.25) is 0 Å². The molecular weight excluding hydrogens is 266 g/mol. The van der Waals surface area contributed by atoms with Gasteiger partial charge in [-0.1, -0.05) is 19.8 Å². The monoisotopic (exact) mass is 293 g/mol. The third-order valence-electron chi connectivity index (χ3n) is 3.75. The minimum atomic E-state index is -3.49. The van der Waals surface area contributed by atoms with Crippen molar-refractivity contribution in [3.05, 3.63) is 0 Å². The number of methoxy groups -OCH3 is 1. The van der Waals surface area contributed by atoms with Crippen LogP contribution >= 0.6 is 0 Å². The van der Waals surface area contributed by atoms with Crippen molar-refractivity contribution in [3.63, 3.8) is 0 Å². The van der Waals surface area contributed by atoms with Gasteiger partial charge in [-0.2, -0.15) is 17.4 Å². The average Bonchev–Trinajstić information content (AvgIpc) is 2.85. The van der Waals surface area contributed by atoms with Crippen LogP contribution in [0.25, 0.3) is 0 Å². The van der Waals surface area contributed by atoms with Gasteiger partial charge in [-0.05, 0) is 19.3 Å². The molecule has 1 saturated carbocycles. The molecule has 0 spiro atoms. The summed E-state index contributed by atoms with van der Waals surface area (Å²) >= 11 is 0. The number of hydrogen-bond donors (Lipinski definition) is 2. The Morgan fingerprint density at radius 1 is 1.37 bits per heavy atom. The Balaban J connectivity index is 2.86. The largest absolute Gasteiger partial charge is 0.383 e. The zero-order valence-corrected chi connectivity index (χ0v) is 12.8. The topological polar surface area (TPSA) is 84.7 Å². The van der Waals surface area contributed by atoms with Gasteiger partial charge in [0.1, 0.15) is 0 Å². The van der Waals surface area contributed by atoms with Crippen LogP contribution < -0.4 is 10.5 Å². The number of nitrogens with zero attached hydrogens (tertiary/aromatic N) is 1. The third-order valence-corrected chi connectivity index (χ3v) is 5.47. The Morgan fingerprint density at radius 3 is 2.47 bits per heavy atom. The summed E-state index contributed by atoms with van der Waals surface area (Å²) in [6, 6.07) is 0. The van der Waals surface area contributed by atoms with Crippen LogP contribution in [0, 0.1) is 0 Å². The molecule has 0 aromatic heterocycles. The molecule has 0 atom stereocenters. The van der Waals surface area contributed by atoms with Crippen LogP contribution in [-0.2, 0) is 14.9 Å². The summed E-state index contributed by atoms with van der Waals surface area (Å²) in [5, 5.41) is 0. The summed E-state index contributed by atoms with van der Waals surface area (Å²) in [5.41, 5.74) is 5.50. The standard InChI is InChI=1S/C12H27N3O3S/c1-3-9-15(12(11-13)6-4-5-7-12)19(16,17)14-8-10-18-2/h14H,3-11,13H2,1-2H3. The van der Waals surface area contributed by atoms with Crippen molar-refractivity contribution in [1.29, 1.82) is 0 Å². The molecule has 0 aliphatic heterocycles. The van der Waals surface area contributed by atoms with Crippen LogP contribution in [0.2, 0.25) is 0 Å². The summed E-state index contributed by atoms with van der Waals surface area (Å²) in [4.78, 5) is 0.